The summed E-state index contributed by atoms with van der Waals surface area (Å²) in [5, 5.41) is 15.2. The summed E-state index contributed by atoms with van der Waals surface area (Å²) < 4.78 is 0. The number of amides is 1. The van der Waals surface area contributed by atoms with E-state index < -0.39 is 12.0 Å². The van der Waals surface area contributed by atoms with Crippen LogP contribution in [-0.4, -0.2) is 47.1 Å². The normalized spacial score (nSPS) is 25.5. The summed E-state index contributed by atoms with van der Waals surface area (Å²) in [5.74, 6) is -1.31. The molecule has 98 valence electrons. The van der Waals surface area contributed by atoms with Gasteiger partial charge in [0, 0.05) is 24.8 Å². The smallest absolute Gasteiger partial charge is 0.327 e. The molecule has 0 aliphatic heterocycles. The lowest BCUT2D eigenvalue weighted by Crippen LogP contribution is -2.49. The van der Waals surface area contributed by atoms with Gasteiger partial charge in [0.05, 0.1) is 0 Å². The minimum Gasteiger partial charge on any atom is -0.480 e. The Morgan fingerprint density at radius 1 is 1.47 bits per heavy atom. The minimum atomic E-state index is -0.994. The molecule has 17 heavy (non-hydrogen) atoms. The van der Waals surface area contributed by atoms with Gasteiger partial charge in [-0.3, -0.25) is 4.79 Å². The number of nitrogens with one attached hydrogen (secondary N) is 2. The number of carbonyl (C=O) groups excluding carboxylic acids is 1. The van der Waals surface area contributed by atoms with Crippen LogP contribution >= 0.6 is 11.8 Å². The van der Waals surface area contributed by atoms with Crippen molar-refractivity contribution in [3.8, 4) is 0 Å². The number of carboxylic acid groups (broad SMARTS) is 1. The molecule has 3 N–H and O–H groups in total. The molecular weight excluding hydrogens is 240 g/mol. The van der Waals surface area contributed by atoms with Gasteiger partial charge in [-0.1, -0.05) is 6.42 Å². The molecule has 0 aromatic heterocycles. The van der Waals surface area contributed by atoms with Crippen LogP contribution in [0.5, 0.6) is 0 Å². The fraction of sp³-hybridized carbons (Fsp3) is 0.818. The Morgan fingerprint density at radius 3 is 2.71 bits per heavy atom. The predicted molar refractivity (Wildman–Crippen MR) is 68.2 cm³/mol. The molecule has 1 rings (SSSR count). The van der Waals surface area contributed by atoms with Crippen molar-refractivity contribution in [2.24, 2.45) is 0 Å². The van der Waals surface area contributed by atoms with Crippen LogP contribution in [0.15, 0.2) is 0 Å². The minimum absolute atomic E-state index is 0.288. The Morgan fingerprint density at radius 2 is 2.18 bits per heavy atom. The standard InChI is InChI=1S/C11H20N2O3S/c1-7(14)13-9(11(15)16)6-12-8-4-3-5-10(8)17-2/h8-10,12H,3-6H2,1-2H3,(H,13,14)(H,15,16). The molecule has 1 aliphatic carbocycles. The van der Waals surface area contributed by atoms with E-state index in [1.54, 1.807) is 0 Å². The van der Waals surface area contributed by atoms with Crippen LogP contribution in [0.2, 0.25) is 0 Å². The van der Waals surface area contributed by atoms with E-state index >= 15 is 0 Å². The fourth-order valence-corrected chi connectivity index (χ4v) is 3.12. The van der Waals surface area contributed by atoms with Crippen LogP contribution in [0.1, 0.15) is 26.2 Å². The highest BCUT2D eigenvalue weighted by Crippen LogP contribution is 2.28. The van der Waals surface area contributed by atoms with Crippen molar-refractivity contribution in [3.05, 3.63) is 0 Å². The quantitative estimate of drug-likeness (QED) is 0.646. The zero-order valence-corrected chi connectivity index (χ0v) is 11.0. The third kappa shape index (κ3) is 4.55. The molecule has 0 spiro atoms. The summed E-state index contributed by atoms with van der Waals surface area (Å²) in [6, 6.07) is -0.476. The number of hydrogen-bond donors (Lipinski definition) is 3. The topological polar surface area (TPSA) is 78.4 Å². The summed E-state index contributed by atoms with van der Waals surface area (Å²) in [6.07, 6.45) is 5.52. The van der Waals surface area contributed by atoms with Crippen LogP contribution in [0.3, 0.4) is 0 Å². The van der Waals surface area contributed by atoms with Gasteiger partial charge in [0.2, 0.25) is 5.91 Å². The average Bonchev–Trinajstić information content (AvgIpc) is 2.70. The third-order valence-electron chi connectivity index (χ3n) is 3.02. The highest BCUT2D eigenvalue weighted by Gasteiger charge is 2.28. The predicted octanol–water partition coefficient (Wildman–Crippen LogP) is 0.449. The molecule has 1 amide bonds. The number of carboxylic acids is 1. The van der Waals surface area contributed by atoms with Crippen LogP contribution in [0.25, 0.3) is 0 Å². The zero-order valence-electron chi connectivity index (χ0n) is 10.2. The first-order valence-corrected chi connectivity index (χ1v) is 7.09. The molecule has 0 bridgehead atoms. The molecule has 0 heterocycles. The maximum Gasteiger partial charge on any atom is 0.327 e. The van der Waals surface area contributed by atoms with Crippen LogP contribution in [-0.2, 0) is 9.59 Å². The first-order chi connectivity index (χ1) is 8.04. The van der Waals surface area contributed by atoms with Gasteiger partial charge < -0.3 is 15.7 Å². The molecule has 3 atom stereocenters. The van der Waals surface area contributed by atoms with Crippen LogP contribution < -0.4 is 10.6 Å². The average molecular weight is 260 g/mol. The number of rotatable bonds is 6. The van der Waals surface area contributed by atoms with E-state index in [2.05, 4.69) is 16.9 Å². The van der Waals surface area contributed by atoms with E-state index in [0.29, 0.717) is 11.3 Å². The lowest BCUT2D eigenvalue weighted by atomic mass is 10.2. The lowest BCUT2D eigenvalue weighted by Gasteiger charge is -2.22. The number of carbonyl (C=O) groups is 2. The molecule has 5 nitrogen and oxygen atoms in total. The second-order valence-electron chi connectivity index (χ2n) is 4.31. The second kappa shape index (κ2) is 6.86. The van der Waals surface area contributed by atoms with Gasteiger partial charge in [-0.15, -0.1) is 0 Å². The maximum absolute atomic E-state index is 10.9. The van der Waals surface area contributed by atoms with Gasteiger partial charge in [-0.05, 0) is 19.1 Å². The molecule has 6 heteroatoms. The first-order valence-electron chi connectivity index (χ1n) is 5.80. The Hall–Kier alpha value is -0.750. The van der Waals surface area contributed by atoms with Gasteiger partial charge in [0.1, 0.15) is 6.04 Å². The van der Waals surface area contributed by atoms with Crippen molar-refractivity contribution in [1.29, 1.82) is 0 Å². The molecule has 0 saturated heterocycles. The van der Waals surface area contributed by atoms with Crippen molar-refractivity contribution in [3.63, 3.8) is 0 Å². The number of hydrogen-bond acceptors (Lipinski definition) is 4. The Balaban J connectivity index is 2.40. The molecular formula is C11H20N2O3S. The summed E-state index contributed by atoms with van der Waals surface area (Å²) in [7, 11) is 0. The van der Waals surface area contributed by atoms with Crippen LogP contribution in [0.4, 0.5) is 0 Å². The molecule has 0 radical (unpaired) electrons. The Bertz CT molecular complexity index is 286. The van der Waals surface area contributed by atoms with Crippen molar-refractivity contribution in [2.45, 2.75) is 43.5 Å². The monoisotopic (exact) mass is 260 g/mol. The van der Waals surface area contributed by atoms with E-state index in [4.69, 9.17) is 5.11 Å². The van der Waals surface area contributed by atoms with E-state index in [-0.39, 0.29) is 12.5 Å². The number of aliphatic carboxylic acids is 1. The first kappa shape index (κ1) is 14.3. The molecule has 3 unspecified atom stereocenters. The summed E-state index contributed by atoms with van der Waals surface area (Å²) in [4.78, 5) is 21.8. The highest BCUT2D eigenvalue weighted by molar-refractivity contribution is 7.99. The van der Waals surface area contributed by atoms with Gasteiger partial charge in [0.25, 0.3) is 0 Å². The fourth-order valence-electron chi connectivity index (χ4n) is 2.16. The molecule has 0 aromatic rings. The molecule has 1 fully saturated rings. The third-order valence-corrected chi connectivity index (χ3v) is 4.18. The van der Waals surface area contributed by atoms with Crippen LogP contribution in [0, 0.1) is 0 Å². The SMILES string of the molecule is CSC1CCCC1NCC(NC(C)=O)C(=O)O. The Kier molecular flexibility index (Phi) is 5.77. The van der Waals surface area contributed by atoms with Gasteiger partial charge in [0.15, 0.2) is 0 Å². The largest absolute Gasteiger partial charge is 0.480 e. The molecule has 1 aliphatic rings. The summed E-state index contributed by atoms with van der Waals surface area (Å²) >= 11 is 1.82. The maximum atomic E-state index is 10.9. The second-order valence-corrected chi connectivity index (χ2v) is 5.39. The van der Waals surface area contributed by atoms with Gasteiger partial charge in [-0.2, -0.15) is 11.8 Å². The van der Waals surface area contributed by atoms with E-state index in [1.165, 1.54) is 19.8 Å². The van der Waals surface area contributed by atoms with E-state index in [9.17, 15) is 9.59 Å². The van der Waals surface area contributed by atoms with Gasteiger partial charge in [-0.25, -0.2) is 4.79 Å². The summed E-state index contributed by atoms with van der Waals surface area (Å²) in [6.45, 7) is 1.62. The molecule has 1 saturated carbocycles. The summed E-state index contributed by atoms with van der Waals surface area (Å²) in [5.41, 5.74) is 0. The van der Waals surface area contributed by atoms with Crippen molar-refractivity contribution in [1.82, 2.24) is 10.6 Å². The molecule has 0 aromatic carbocycles. The van der Waals surface area contributed by atoms with Gasteiger partial charge >= 0.3 is 5.97 Å². The lowest BCUT2D eigenvalue weighted by molar-refractivity contribution is -0.141. The Labute approximate surface area is 106 Å². The van der Waals surface area contributed by atoms with E-state index in [0.717, 1.165) is 6.42 Å². The van der Waals surface area contributed by atoms with Crippen molar-refractivity contribution >= 4 is 23.6 Å². The van der Waals surface area contributed by atoms with Crippen molar-refractivity contribution < 1.29 is 14.7 Å². The van der Waals surface area contributed by atoms with E-state index in [1.807, 2.05) is 11.8 Å². The van der Waals surface area contributed by atoms with Crippen molar-refractivity contribution in [2.75, 3.05) is 12.8 Å². The zero-order chi connectivity index (χ0) is 12.8. The highest BCUT2D eigenvalue weighted by atomic mass is 32.2. The number of thioether (sulfide) groups is 1.